The number of nitrogens with zero attached hydrogens (tertiary/aromatic N) is 3. The number of pyridine rings is 1. The summed E-state index contributed by atoms with van der Waals surface area (Å²) in [5.41, 5.74) is 14.0. The molecule has 0 atom stereocenters. The number of fused-ring (bicyclic) bond motifs is 1. The van der Waals surface area contributed by atoms with Crippen LogP contribution in [0.5, 0.6) is 0 Å². The highest BCUT2D eigenvalue weighted by molar-refractivity contribution is 7.98. The summed E-state index contributed by atoms with van der Waals surface area (Å²) in [6, 6.07) is 25.0. The molecule has 7 nitrogen and oxygen atoms in total. The highest BCUT2D eigenvalue weighted by Gasteiger charge is 2.13. The molecule has 0 aliphatic heterocycles. The van der Waals surface area contributed by atoms with Crippen LogP contribution in [0.2, 0.25) is 5.02 Å². The van der Waals surface area contributed by atoms with Gasteiger partial charge in [0.25, 0.3) is 11.5 Å². The van der Waals surface area contributed by atoms with Gasteiger partial charge in [-0.1, -0.05) is 74.8 Å². The number of primary amides is 1. The van der Waals surface area contributed by atoms with Gasteiger partial charge in [-0.2, -0.15) is 0 Å². The maximum atomic E-state index is 12.8. The van der Waals surface area contributed by atoms with Crippen molar-refractivity contribution >= 4 is 45.9 Å². The molecule has 40 heavy (non-hydrogen) atoms. The number of rotatable bonds is 5. The largest absolute Gasteiger partial charge is 0.382 e. The molecule has 5 rings (SSSR count). The monoisotopic (exact) mass is 573 g/mol. The van der Waals surface area contributed by atoms with Crippen molar-refractivity contribution in [3.63, 3.8) is 0 Å². The molecular formula is C31H32ClN5O2S. The van der Waals surface area contributed by atoms with E-state index in [2.05, 4.69) is 9.97 Å². The fourth-order valence-corrected chi connectivity index (χ4v) is 4.72. The number of carbonyl (C=O) groups excluding carboxylic acids is 1. The van der Waals surface area contributed by atoms with E-state index < -0.39 is 5.91 Å². The second-order valence-corrected chi connectivity index (χ2v) is 9.54. The number of nitrogens with two attached hydrogens (primary N) is 2. The minimum absolute atomic E-state index is 0.00190. The predicted molar refractivity (Wildman–Crippen MR) is 167 cm³/mol. The Balaban J connectivity index is 0.000000209. The number of aryl methyl sites for hydroxylation is 1. The lowest BCUT2D eigenvalue weighted by Crippen LogP contribution is -2.22. The zero-order valence-corrected chi connectivity index (χ0v) is 24.5. The fraction of sp³-hybridized carbons (Fsp3) is 0.161. The van der Waals surface area contributed by atoms with Crippen LogP contribution in [0.15, 0.2) is 94.7 Å². The van der Waals surface area contributed by atoms with Crippen molar-refractivity contribution < 1.29 is 4.79 Å². The van der Waals surface area contributed by atoms with E-state index in [1.807, 2.05) is 99.8 Å². The Morgan fingerprint density at radius 2 is 1.70 bits per heavy atom. The average molecular weight is 574 g/mol. The first kappa shape index (κ1) is 30.4. The number of amides is 1. The van der Waals surface area contributed by atoms with Crippen LogP contribution >= 0.6 is 23.4 Å². The summed E-state index contributed by atoms with van der Waals surface area (Å²) in [5.74, 6) is -0.629. The van der Waals surface area contributed by atoms with Gasteiger partial charge in [0.05, 0.1) is 22.3 Å². The molecule has 0 aliphatic rings. The maximum absolute atomic E-state index is 12.8. The molecule has 2 heterocycles. The maximum Gasteiger partial charge on any atom is 0.271 e. The number of anilines is 1. The van der Waals surface area contributed by atoms with Crippen molar-refractivity contribution in [2.45, 2.75) is 32.1 Å². The minimum Gasteiger partial charge on any atom is -0.382 e. The lowest BCUT2D eigenvalue weighted by molar-refractivity contribution is 0.0996. The Hall–Kier alpha value is -4.14. The topological polar surface area (TPSA) is 117 Å². The molecule has 0 radical (unpaired) electrons. The quantitative estimate of drug-likeness (QED) is 0.224. The van der Waals surface area contributed by atoms with E-state index in [1.165, 1.54) is 6.20 Å². The number of aromatic nitrogens is 3. The number of halogens is 1. The zero-order chi connectivity index (χ0) is 29.2. The Labute approximate surface area is 243 Å². The minimum atomic E-state index is -0.678. The van der Waals surface area contributed by atoms with Gasteiger partial charge in [0, 0.05) is 21.8 Å². The summed E-state index contributed by atoms with van der Waals surface area (Å²) in [7, 11) is 0. The lowest BCUT2D eigenvalue weighted by atomic mass is 10.1. The van der Waals surface area contributed by atoms with Crippen molar-refractivity contribution in [2.24, 2.45) is 5.73 Å². The highest BCUT2D eigenvalue weighted by atomic mass is 35.5. The molecule has 0 unspecified atom stereocenters. The Morgan fingerprint density at radius 1 is 1.00 bits per heavy atom. The number of thioether (sulfide) groups is 1. The second kappa shape index (κ2) is 14.3. The van der Waals surface area contributed by atoms with E-state index in [1.54, 1.807) is 22.4 Å². The second-order valence-electron chi connectivity index (χ2n) is 8.25. The Bertz CT molecular complexity index is 1670. The van der Waals surface area contributed by atoms with E-state index in [9.17, 15) is 9.59 Å². The van der Waals surface area contributed by atoms with E-state index in [-0.39, 0.29) is 17.1 Å². The molecule has 0 fully saturated rings. The number of hydrogen-bond donors (Lipinski definition) is 2. The molecule has 4 N–H and O–H groups in total. The molecule has 0 saturated heterocycles. The number of nitrogen functional groups attached to an aromatic ring is 1. The van der Waals surface area contributed by atoms with Gasteiger partial charge >= 0.3 is 0 Å². The summed E-state index contributed by atoms with van der Waals surface area (Å²) in [6.07, 6.45) is 4.30. The van der Waals surface area contributed by atoms with Gasteiger partial charge in [0.2, 0.25) is 0 Å². The van der Waals surface area contributed by atoms with Gasteiger partial charge in [0.1, 0.15) is 0 Å². The lowest BCUT2D eigenvalue weighted by Gasteiger charge is -2.14. The Kier molecular flexibility index (Phi) is 10.9. The van der Waals surface area contributed by atoms with E-state index in [0.717, 1.165) is 33.6 Å². The first-order valence-corrected chi connectivity index (χ1v) is 14.4. The first-order valence-electron chi connectivity index (χ1n) is 12.8. The third-order valence-corrected chi connectivity index (χ3v) is 6.89. The number of benzene rings is 3. The van der Waals surface area contributed by atoms with E-state index in [4.69, 9.17) is 23.1 Å². The molecule has 0 bridgehead atoms. The van der Waals surface area contributed by atoms with Gasteiger partial charge in [0.15, 0.2) is 11.5 Å². The molecule has 5 aromatic rings. The zero-order valence-electron chi connectivity index (χ0n) is 22.9. The van der Waals surface area contributed by atoms with E-state index in [0.29, 0.717) is 16.1 Å². The van der Waals surface area contributed by atoms with Crippen LogP contribution in [0.1, 0.15) is 37.0 Å². The van der Waals surface area contributed by atoms with Crippen LogP contribution in [0.4, 0.5) is 5.82 Å². The summed E-state index contributed by atoms with van der Waals surface area (Å²) < 4.78 is 1.74. The molecule has 3 aromatic carbocycles. The summed E-state index contributed by atoms with van der Waals surface area (Å²) >= 11 is 7.83. The Morgan fingerprint density at radius 3 is 2.35 bits per heavy atom. The third kappa shape index (κ3) is 6.89. The SMILES string of the molecule is CC.CCc1cc2cccc(Cl)c2c(=O)n1-c1ccccc1.CSc1cccc(-c2cnc(N)c(C(N)=O)n2)c1. The standard InChI is InChI=1S/C17H14ClNO.C12H12N4OS.C2H6/c1-2-13-11-12-7-6-10-15(18)16(12)17(20)19(13)14-8-4-3-5-9-14;1-18-8-4-2-3-7(5-8)9-6-15-11(13)10(16-9)12(14)17;1-2/h3-11H,2H2,1H3;2-6H,1H3,(H2,13,15)(H2,14,17);1-2H3. The molecule has 0 spiro atoms. The average Bonchev–Trinajstić information content (AvgIpc) is 2.99. The first-order chi connectivity index (χ1) is 19.3. The van der Waals surface area contributed by atoms with Crippen LogP contribution in [-0.2, 0) is 6.42 Å². The van der Waals surface area contributed by atoms with Crippen LogP contribution in [-0.4, -0.2) is 26.7 Å². The number of hydrogen-bond acceptors (Lipinski definition) is 6. The summed E-state index contributed by atoms with van der Waals surface area (Å²) in [5, 5.41) is 1.97. The molecule has 2 aromatic heterocycles. The van der Waals surface area contributed by atoms with Gasteiger partial charge in [-0.25, -0.2) is 9.97 Å². The number of carbonyl (C=O) groups is 1. The van der Waals surface area contributed by atoms with Crippen molar-refractivity contribution in [1.29, 1.82) is 0 Å². The molecule has 0 aliphatic carbocycles. The summed E-state index contributed by atoms with van der Waals surface area (Å²) in [6.45, 7) is 6.05. The molecule has 9 heteroatoms. The smallest absolute Gasteiger partial charge is 0.271 e. The molecule has 1 amide bonds. The van der Waals surface area contributed by atoms with Crippen LogP contribution in [0, 0.1) is 0 Å². The molecule has 0 saturated carbocycles. The fourth-order valence-electron chi connectivity index (χ4n) is 3.99. The van der Waals surface area contributed by atoms with Crippen LogP contribution < -0.4 is 17.0 Å². The third-order valence-electron chi connectivity index (χ3n) is 5.85. The molecule has 206 valence electrons. The van der Waals surface area contributed by atoms with E-state index >= 15 is 0 Å². The van der Waals surface area contributed by atoms with Crippen molar-refractivity contribution in [2.75, 3.05) is 12.0 Å². The normalized spacial score (nSPS) is 10.2. The molecular weight excluding hydrogens is 542 g/mol. The van der Waals surface area contributed by atoms with Gasteiger partial charge in [-0.3, -0.25) is 14.2 Å². The summed E-state index contributed by atoms with van der Waals surface area (Å²) in [4.78, 5) is 33.2. The number of para-hydroxylation sites is 1. The predicted octanol–water partition coefficient (Wildman–Crippen LogP) is 6.78. The van der Waals surface area contributed by atoms with Crippen LogP contribution in [0.3, 0.4) is 0 Å². The van der Waals surface area contributed by atoms with Gasteiger partial charge in [-0.05, 0) is 54.5 Å². The van der Waals surface area contributed by atoms with Crippen molar-refractivity contribution in [3.8, 4) is 16.9 Å². The van der Waals surface area contributed by atoms with Crippen LogP contribution in [0.25, 0.3) is 27.7 Å². The van der Waals surface area contributed by atoms with Crippen molar-refractivity contribution in [3.05, 3.63) is 112 Å². The van der Waals surface area contributed by atoms with Gasteiger partial charge in [-0.15, -0.1) is 11.8 Å². The van der Waals surface area contributed by atoms with Crippen molar-refractivity contribution in [1.82, 2.24) is 14.5 Å². The van der Waals surface area contributed by atoms with Gasteiger partial charge < -0.3 is 11.5 Å². The highest BCUT2D eigenvalue weighted by Crippen LogP contribution is 2.24.